The highest BCUT2D eigenvalue weighted by molar-refractivity contribution is 6.90. The molecule has 0 radical (unpaired) electrons. The number of hydrogen-bond donors (Lipinski definition) is 0. The highest BCUT2D eigenvalue weighted by Crippen LogP contribution is 2.40. The van der Waals surface area contributed by atoms with Crippen LogP contribution in [-0.4, -0.2) is 8.07 Å². The SMILES string of the molecule is CC(C)[Si](C#Cc1coc2ccc(F)cc2c1=O)(C(C)C)C(C)C. The summed E-state index contributed by atoms with van der Waals surface area (Å²) in [7, 11) is -1.93. The first-order chi connectivity index (χ1) is 11.2. The molecule has 1 aromatic heterocycles. The summed E-state index contributed by atoms with van der Waals surface area (Å²) in [6, 6.07) is 3.97. The van der Waals surface area contributed by atoms with Crippen LogP contribution in [0.1, 0.15) is 47.1 Å². The van der Waals surface area contributed by atoms with Gasteiger partial charge in [-0.1, -0.05) is 47.5 Å². The molecule has 0 bridgehead atoms. The summed E-state index contributed by atoms with van der Waals surface area (Å²) in [5.74, 6) is 2.64. The van der Waals surface area contributed by atoms with Crippen LogP contribution in [0.5, 0.6) is 0 Å². The van der Waals surface area contributed by atoms with Crippen molar-refractivity contribution in [1.82, 2.24) is 0 Å². The van der Waals surface area contributed by atoms with E-state index >= 15 is 0 Å². The minimum atomic E-state index is -1.93. The molecule has 0 aliphatic heterocycles. The quantitative estimate of drug-likeness (QED) is 0.543. The van der Waals surface area contributed by atoms with Crippen molar-refractivity contribution in [3.05, 3.63) is 46.1 Å². The fourth-order valence-corrected chi connectivity index (χ4v) is 9.02. The summed E-state index contributed by atoms with van der Waals surface area (Å²) in [5, 5.41) is 0.243. The molecule has 2 aromatic rings. The smallest absolute Gasteiger partial charge is 0.208 e. The summed E-state index contributed by atoms with van der Waals surface area (Å²) in [4.78, 5) is 12.6. The zero-order valence-electron chi connectivity index (χ0n) is 15.2. The maximum Gasteiger partial charge on any atom is 0.208 e. The van der Waals surface area contributed by atoms with Gasteiger partial charge in [0, 0.05) is 0 Å². The number of benzene rings is 1. The van der Waals surface area contributed by atoms with Crippen LogP contribution >= 0.6 is 0 Å². The third kappa shape index (κ3) is 3.18. The Morgan fingerprint density at radius 1 is 1.04 bits per heavy atom. The minimum Gasteiger partial charge on any atom is -0.463 e. The van der Waals surface area contributed by atoms with Gasteiger partial charge in [0.25, 0.3) is 0 Å². The van der Waals surface area contributed by atoms with E-state index in [1.807, 2.05) is 0 Å². The fraction of sp³-hybridized carbons (Fsp3) is 0.450. The highest BCUT2D eigenvalue weighted by atomic mass is 28.3. The summed E-state index contributed by atoms with van der Waals surface area (Å²) in [6.45, 7) is 13.3. The van der Waals surface area contributed by atoms with E-state index in [2.05, 4.69) is 53.0 Å². The van der Waals surface area contributed by atoms with Crippen LogP contribution in [0, 0.1) is 17.3 Å². The van der Waals surface area contributed by atoms with Crippen molar-refractivity contribution in [2.45, 2.75) is 58.2 Å². The molecule has 24 heavy (non-hydrogen) atoms. The number of hydrogen-bond acceptors (Lipinski definition) is 2. The maximum absolute atomic E-state index is 13.4. The Kier molecular flexibility index (Phi) is 5.34. The lowest BCUT2D eigenvalue weighted by atomic mass is 10.2. The van der Waals surface area contributed by atoms with E-state index in [1.54, 1.807) is 0 Å². The molecule has 0 amide bonds. The van der Waals surface area contributed by atoms with Crippen molar-refractivity contribution in [2.24, 2.45) is 0 Å². The number of halogens is 1. The fourth-order valence-electron chi connectivity index (χ4n) is 3.80. The molecule has 128 valence electrons. The average Bonchev–Trinajstić information content (AvgIpc) is 2.49. The predicted molar refractivity (Wildman–Crippen MR) is 100 cm³/mol. The first kappa shape index (κ1) is 18.5. The molecule has 0 aliphatic carbocycles. The summed E-state index contributed by atoms with van der Waals surface area (Å²) < 4.78 is 18.9. The molecular formula is C20H25FO2Si. The minimum absolute atomic E-state index is 0.243. The Bertz CT molecular complexity index is 832. The van der Waals surface area contributed by atoms with E-state index in [4.69, 9.17) is 4.42 Å². The average molecular weight is 345 g/mol. The molecule has 2 nitrogen and oxygen atoms in total. The summed E-state index contributed by atoms with van der Waals surface area (Å²) in [6.07, 6.45) is 1.40. The van der Waals surface area contributed by atoms with Crippen LogP contribution in [0.4, 0.5) is 4.39 Å². The zero-order valence-corrected chi connectivity index (χ0v) is 16.2. The molecule has 0 aliphatic rings. The Morgan fingerprint density at radius 2 is 1.62 bits per heavy atom. The second-order valence-electron chi connectivity index (χ2n) is 7.27. The van der Waals surface area contributed by atoms with Gasteiger partial charge < -0.3 is 4.42 Å². The largest absolute Gasteiger partial charge is 0.463 e. The van der Waals surface area contributed by atoms with Crippen molar-refractivity contribution < 1.29 is 8.81 Å². The molecule has 4 heteroatoms. The van der Waals surface area contributed by atoms with E-state index in [0.717, 1.165) is 0 Å². The van der Waals surface area contributed by atoms with Gasteiger partial charge in [0.1, 0.15) is 31.3 Å². The Hall–Kier alpha value is -1.86. The number of rotatable bonds is 3. The van der Waals surface area contributed by atoms with Crippen LogP contribution in [-0.2, 0) is 0 Å². The Morgan fingerprint density at radius 3 is 2.17 bits per heavy atom. The Labute approximate surface area is 144 Å². The first-order valence-electron chi connectivity index (χ1n) is 8.44. The Balaban J connectivity index is 2.63. The third-order valence-electron chi connectivity index (χ3n) is 5.01. The highest BCUT2D eigenvalue weighted by Gasteiger charge is 2.41. The van der Waals surface area contributed by atoms with Gasteiger partial charge in [-0.25, -0.2) is 4.39 Å². The molecule has 0 saturated heterocycles. The lowest BCUT2D eigenvalue weighted by Gasteiger charge is -2.38. The molecule has 0 N–H and O–H groups in total. The zero-order chi connectivity index (χ0) is 18.1. The van der Waals surface area contributed by atoms with Gasteiger partial charge in [-0.2, -0.15) is 0 Å². The topological polar surface area (TPSA) is 30.2 Å². The molecule has 2 rings (SSSR count). The second kappa shape index (κ2) is 6.94. The molecule has 0 spiro atoms. The van der Waals surface area contributed by atoms with Gasteiger partial charge in [-0.15, -0.1) is 5.54 Å². The normalized spacial score (nSPS) is 12.1. The third-order valence-corrected chi connectivity index (χ3v) is 11.3. The van der Waals surface area contributed by atoms with Crippen molar-refractivity contribution in [3.8, 4) is 11.5 Å². The summed E-state index contributed by atoms with van der Waals surface area (Å²) >= 11 is 0. The van der Waals surface area contributed by atoms with Gasteiger partial charge in [0.15, 0.2) is 0 Å². The lowest BCUT2D eigenvalue weighted by Crippen LogP contribution is -2.43. The van der Waals surface area contributed by atoms with Crippen LogP contribution in [0.3, 0.4) is 0 Å². The van der Waals surface area contributed by atoms with E-state index in [1.165, 1.54) is 24.5 Å². The predicted octanol–water partition coefficient (Wildman–Crippen LogP) is 5.50. The van der Waals surface area contributed by atoms with Gasteiger partial charge in [-0.05, 0) is 34.8 Å². The van der Waals surface area contributed by atoms with Gasteiger partial charge in [-0.3, -0.25) is 4.79 Å². The van der Waals surface area contributed by atoms with Crippen molar-refractivity contribution >= 4 is 19.0 Å². The van der Waals surface area contributed by atoms with Crippen LogP contribution in [0.25, 0.3) is 11.0 Å². The van der Waals surface area contributed by atoms with E-state index < -0.39 is 13.9 Å². The van der Waals surface area contributed by atoms with Crippen molar-refractivity contribution in [2.75, 3.05) is 0 Å². The van der Waals surface area contributed by atoms with Crippen molar-refractivity contribution in [3.63, 3.8) is 0 Å². The standard InChI is InChI=1S/C20H25FO2Si/c1-13(2)24(14(3)4,15(5)6)10-9-16-12-23-19-8-7-17(21)11-18(19)20(16)22/h7-8,11-15H,1-6H3. The lowest BCUT2D eigenvalue weighted by molar-refractivity contribution is 0.594. The molecule has 1 aromatic carbocycles. The monoisotopic (exact) mass is 344 g/mol. The molecule has 0 fully saturated rings. The molecule has 0 saturated carbocycles. The maximum atomic E-state index is 13.4. The van der Waals surface area contributed by atoms with Crippen LogP contribution in [0.15, 0.2) is 33.7 Å². The van der Waals surface area contributed by atoms with Crippen LogP contribution in [0.2, 0.25) is 16.6 Å². The van der Waals surface area contributed by atoms with Gasteiger partial charge in [0.05, 0.1) is 5.39 Å². The molecule has 0 unspecified atom stereocenters. The summed E-state index contributed by atoms with van der Waals surface area (Å²) in [5.41, 5.74) is 5.38. The molecular weight excluding hydrogens is 319 g/mol. The van der Waals surface area contributed by atoms with Crippen LogP contribution < -0.4 is 5.43 Å². The van der Waals surface area contributed by atoms with Gasteiger partial charge in [0.2, 0.25) is 5.43 Å². The number of fused-ring (bicyclic) bond motifs is 1. The van der Waals surface area contributed by atoms with E-state index in [-0.39, 0.29) is 10.8 Å². The van der Waals surface area contributed by atoms with Gasteiger partial charge >= 0.3 is 0 Å². The first-order valence-corrected chi connectivity index (χ1v) is 10.7. The van der Waals surface area contributed by atoms with E-state index in [0.29, 0.717) is 27.8 Å². The van der Waals surface area contributed by atoms with Crippen molar-refractivity contribution in [1.29, 1.82) is 0 Å². The molecule has 0 atom stereocenters. The molecule has 1 heterocycles. The van der Waals surface area contributed by atoms with E-state index in [9.17, 15) is 9.18 Å². The second-order valence-corrected chi connectivity index (χ2v) is 12.8.